The summed E-state index contributed by atoms with van der Waals surface area (Å²) in [7, 11) is 0. The second-order valence-electron chi connectivity index (χ2n) is 5.83. The molecule has 0 aliphatic carbocycles. The molecule has 0 amide bonds. The second-order valence-corrected chi connectivity index (χ2v) is 5.83. The summed E-state index contributed by atoms with van der Waals surface area (Å²) >= 11 is 0. The maximum Gasteiger partial charge on any atom is 0.161 e. The van der Waals surface area contributed by atoms with Crippen LogP contribution in [-0.2, 0) is 0 Å². The SMILES string of the molecule is CCCCCCCCC(O)c1ccc2c(c1)OCCCO2. The van der Waals surface area contributed by atoms with Gasteiger partial charge >= 0.3 is 0 Å². The lowest BCUT2D eigenvalue weighted by atomic mass is 10.0. The van der Waals surface area contributed by atoms with Crippen molar-refractivity contribution < 1.29 is 14.6 Å². The molecule has 0 fully saturated rings. The highest BCUT2D eigenvalue weighted by atomic mass is 16.5. The number of ether oxygens (including phenoxy) is 2. The Balaban J connectivity index is 1.79. The molecule has 3 nitrogen and oxygen atoms in total. The van der Waals surface area contributed by atoms with Gasteiger partial charge in [0.25, 0.3) is 0 Å². The number of hydrogen-bond acceptors (Lipinski definition) is 3. The van der Waals surface area contributed by atoms with Crippen LogP contribution < -0.4 is 9.47 Å². The number of unbranched alkanes of at least 4 members (excludes halogenated alkanes) is 5. The smallest absolute Gasteiger partial charge is 0.161 e. The highest BCUT2D eigenvalue weighted by Gasteiger charge is 2.14. The van der Waals surface area contributed by atoms with Crippen LogP contribution in [-0.4, -0.2) is 18.3 Å². The Bertz CT molecular complexity index is 417. The van der Waals surface area contributed by atoms with Crippen LogP contribution in [0.4, 0.5) is 0 Å². The molecule has 0 saturated carbocycles. The fourth-order valence-corrected chi connectivity index (χ4v) is 2.67. The standard InChI is InChI=1S/C18H28O3/c1-2-3-4-5-6-7-9-16(19)15-10-11-17-18(14-15)21-13-8-12-20-17/h10-11,14,16,19H,2-9,12-13H2,1H3. The number of hydrogen-bond donors (Lipinski definition) is 1. The third kappa shape index (κ3) is 5.24. The normalized spacial score (nSPS) is 15.5. The molecule has 21 heavy (non-hydrogen) atoms. The van der Waals surface area contributed by atoms with Crippen LogP contribution >= 0.6 is 0 Å². The van der Waals surface area contributed by atoms with E-state index in [1.165, 1.54) is 32.1 Å². The molecule has 0 aromatic heterocycles. The fourth-order valence-electron chi connectivity index (χ4n) is 2.67. The van der Waals surface area contributed by atoms with Gasteiger partial charge in [-0.2, -0.15) is 0 Å². The molecule has 1 unspecified atom stereocenters. The van der Waals surface area contributed by atoms with Crippen LogP contribution in [0.3, 0.4) is 0 Å². The molecular weight excluding hydrogens is 264 g/mol. The summed E-state index contributed by atoms with van der Waals surface area (Å²) in [6, 6.07) is 5.80. The molecule has 2 rings (SSSR count). The van der Waals surface area contributed by atoms with Gasteiger partial charge in [0.2, 0.25) is 0 Å². The predicted molar refractivity (Wildman–Crippen MR) is 85.0 cm³/mol. The topological polar surface area (TPSA) is 38.7 Å². The molecule has 0 radical (unpaired) electrons. The minimum absolute atomic E-state index is 0.395. The number of benzene rings is 1. The maximum atomic E-state index is 10.3. The van der Waals surface area contributed by atoms with Crippen molar-refractivity contribution in [3.63, 3.8) is 0 Å². The van der Waals surface area contributed by atoms with E-state index in [1.54, 1.807) is 0 Å². The van der Waals surface area contributed by atoms with Gasteiger partial charge in [-0.05, 0) is 24.1 Å². The van der Waals surface area contributed by atoms with Crippen LogP contribution in [0, 0.1) is 0 Å². The van der Waals surface area contributed by atoms with E-state index in [-0.39, 0.29) is 0 Å². The predicted octanol–water partition coefficient (Wildman–Crippen LogP) is 4.63. The first-order chi connectivity index (χ1) is 10.3. The summed E-state index contributed by atoms with van der Waals surface area (Å²) in [6.07, 6.45) is 8.83. The van der Waals surface area contributed by atoms with Gasteiger partial charge in [0.05, 0.1) is 19.3 Å². The van der Waals surface area contributed by atoms with Crippen LogP contribution in [0.2, 0.25) is 0 Å². The minimum atomic E-state index is -0.395. The Morgan fingerprint density at radius 1 is 1.00 bits per heavy atom. The Morgan fingerprint density at radius 3 is 2.52 bits per heavy atom. The third-order valence-corrected chi connectivity index (χ3v) is 3.99. The zero-order valence-corrected chi connectivity index (χ0v) is 13.1. The Hall–Kier alpha value is -1.22. The molecule has 1 aromatic rings. The van der Waals surface area contributed by atoms with Gasteiger partial charge in [-0.1, -0.05) is 51.5 Å². The van der Waals surface area contributed by atoms with Crippen LogP contribution in [0.1, 0.15) is 70.0 Å². The lowest BCUT2D eigenvalue weighted by Crippen LogP contribution is -1.99. The van der Waals surface area contributed by atoms with Crippen molar-refractivity contribution in [1.29, 1.82) is 0 Å². The molecule has 0 spiro atoms. The number of aliphatic hydroxyl groups is 1. The van der Waals surface area contributed by atoms with E-state index in [0.717, 1.165) is 36.3 Å². The summed E-state index contributed by atoms with van der Waals surface area (Å²) in [5.41, 5.74) is 0.938. The highest BCUT2D eigenvalue weighted by Crippen LogP contribution is 2.33. The average molecular weight is 292 g/mol. The van der Waals surface area contributed by atoms with Gasteiger partial charge in [-0.25, -0.2) is 0 Å². The van der Waals surface area contributed by atoms with Gasteiger partial charge in [-0.3, -0.25) is 0 Å². The Labute approximate surface area is 128 Å². The number of aliphatic hydroxyl groups excluding tert-OH is 1. The van der Waals surface area contributed by atoms with Crippen molar-refractivity contribution in [1.82, 2.24) is 0 Å². The lowest BCUT2D eigenvalue weighted by molar-refractivity contribution is 0.162. The van der Waals surface area contributed by atoms with Gasteiger partial charge in [-0.15, -0.1) is 0 Å². The largest absolute Gasteiger partial charge is 0.490 e. The molecule has 0 bridgehead atoms. The summed E-state index contributed by atoms with van der Waals surface area (Å²) < 4.78 is 11.3. The second kappa shape index (κ2) is 8.93. The first-order valence-electron chi connectivity index (χ1n) is 8.39. The summed E-state index contributed by atoms with van der Waals surface area (Å²) in [6.45, 7) is 3.62. The van der Waals surface area contributed by atoms with Crippen molar-refractivity contribution in [3.8, 4) is 11.5 Å². The maximum absolute atomic E-state index is 10.3. The molecular formula is C18H28O3. The number of fused-ring (bicyclic) bond motifs is 1. The Morgan fingerprint density at radius 2 is 1.71 bits per heavy atom. The molecule has 3 heteroatoms. The first-order valence-corrected chi connectivity index (χ1v) is 8.39. The quantitative estimate of drug-likeness (QED) is 0.710. The van der Waals surface area contributed by atoms with Crippen molar-refractivity contribution in [3.05, 3.63) is 23.8 Å². The van der Waals surface area contributed by atoms with Crippen molar-refractivity contribution in [2.24, 2.45) is 0 Å². The molecule has 0 saturated heterocycles. The van der Waals surface area contributed by atoms with Crippen molar-refractivity contribution >= 4 is 0 Å². The molecule has 1 aromatic carbocycles. The van der Waals surface area contributed by atoms with E-state index in [4.69, 9.17) is 9.47 Å². The minimum Gasteiger partial charge on any atom is -0.490 e. The molecule has 1 aliphatic rings. The van der Waals surface area contributed by atoms with Gasteiger partial charge in [0.1, 0.15) is 0 Å². The van der Waals surface area contributed by atoms with Gasteiger partial charge in [0.15, 0.2) is 11.5 Å². The van der Waals surface area contributed by atoms with E-state index in [9.17, 15) is 5.11 Å². The molecule has 1 aliphatic heterocycles. The van der Waals surface area contributed by atoms with E-state index < -0.39 is 6.10 Å². The fraction of sp³-hybridized carbons (Fsp3) is 0.667. The van der Waals surface area contributed by atoms with Crippen LogP contribution in [0.5, 0.6) is 11.5 Å². The van der Waals surface area contributed by atoms with Crippen molar-refractivity contribution in [2.75, 3.05) is 13.2 Å². The Kier molecular flexibility index (Phi) is 6.87. The van der Waals surface area contributed by atoms with Crippen molar-refractivity contribution in [2.45, 2.75) is 64.4 Å². The third-order valence-electron chi connectivity index (χ3n) is 3.99. The molecule has 118 valence electrons. The summed E-state index contributed by atoms with van der Waals surface area (Å²) in [4.78, 5) is 0. The zero-order valence-electron chi connectivity index (χ0n) is 13.1. The van der Waals surface area contributed by atoms with Crippen LogP contribution in [0.25, 0.3) is 0 Å². The van der Waals surface area contributed by atoms with E-state index in [1.807, 2.05) is 18.2 Å². The molecule has 1 N–H and O–H groups in total. The zero-order chi connectivity index (χ0) is 14.9. The number of rotatable bonds is 8. The first kappa shape index (κ1) is 16.2. The van der Waals surface area contributed by atoms with Crippen LogP contribution in [0.15, 0.2) is 18.2 Å². The summed E-state index contributed by atoms with van der Waals surface area (Å²) in [5.74, 6) is 1.56. The van der Waals surface area contributed by atoms with Gasteiger partial charge in [0, 0.05) is 6.42 Å². The lowest BCUT2D eigenvalue weighted by Gasteiger charge is -2.14. The van der Waals surface area contributed by atoms with E-state index >= 15 is 0 Å². The van der Waals surface area contributed by atoms with E-state index in [2.05, 4.69) is 6.92 Å². The average Bonchev–Trinajstić information content (AvgIpc) is 2.75. The van der Waals surface area contributed by atoms with E-state index in [0.29, 0.717) is 13.2 Å². The summed E-state index contributed by atoms with van der Waals surface area (Å²) in [5, 5.41) is 10.3. The molecule has 1 atom stereocenters. The highest BCUT2D eigenvalue weighted by molar-refractivity contribution is 5.44. The van der Waals surface area contributed by atoms with Gasteiger partial charge < -0.3 is 14.6 Å². The molecule has 1 heterocycles. The monoisotopic (exact) mass is 292 g/mol.